The van der Waals surface area contributed by atoms with Crippen LogP contribution >= 0.6 is 24.4 Å². The van der Waals surface area contributed by atoms with E-state index in [0.29, 0.717) is 17.7 Å². The van der Waals surface area contributed by atoms with Gasteiger partial charge in [0, 0.05) is 18.6 Å². The number of carboxylic acids is 3. The number of carbonyl (C=O) groups excluding carboxylic acids is 16. The van der Waals surface area contributed by atoms with Crippen molar-refractivity contribution in [2.24, 2.45) is 40.9 Å². The van der Waals surface area contributed by atoms with Gasteiger partial charge in [-0.25, -0.2) is 0 Å². The quantitative estimate of drug-likeness (QED) is 0.0164. The van der Waals surface area contributed by atoms with Crippen LogP contribution in [0.5, 0.6) is 0 Å². The van der Waals surface area contributed by atoms with E-state index in [4.69, 9.17) is 22.3 Å². The van der Waals surface area contributed by atoms with Crippen LogP contribution in [0.3, 0.4) is 0 Å². The highest BCUT2D eigenvalue weighted by atomic mass is 32.2. The smallest absolute Gasteiger partial charge is 0.305 e. The number of aliphatic carboxylic acids is 3. The molecule has 0 spiro atoms. The summed E-state index contributed by atoms with van der Waals surface area (Å²) >= 11 is 5.71. The number of amides is 15. The molecule has 25 N–H and O–H groups in total. The lowest BCUT2D eigenvalue weighted by molar-refractivity contribution is -0.142. The Labute approximate surface area is 688 Å². The molecule has 41 nitrogen and oxygen atoms in total. The monoisotopic (exact) mass is 1700 g/mol. The Morgan fingerprint density at radius 3 is 1.28 bits per heavy atom. The summed E-state index contributed by atoms with van der Waals surface area (Å²) < 4.78 is 0. The minimum Gasteiger partial charge on any atom is -0.481 e. The lowest BCUT2D eigenvalue weighted by Crippen LogP contribution is -2.64. The molecule has 0 bridgehead atoms. The van der Waals surface area contributed by atoms with E-state index in [-0.39, 0.29) is 64.2 Å². The summed E-state index contributed by atoms with van der Waals surface area (Å²) in [6.07, 6.45) is -4.60. The Morgan fingerprint density at radius 1 is 0.444 bits per heavy atom. The van der Waals surface area contributed by atoms with Gasteiger partial charge in [0.15, 0.2) is 0 Å². The van der Waals surface area contributed by atoms with Crippen LogP contribution in [-0.4, -0.2) is 265 Å². The van der Waals surface area contributed by atoms with E-state index in [9.17, 15) is 112 Å². The third kappa shape index (κ3) is 38.7. The molecular formula is C74H121N17O24S2. The van der Waals surface area contributed by atoms with Crippen molar-refractivity contribution < 1.29 is 117 Å². The number of aldehydes is 1. The van der Waals surface area contributed by atoms with Crippen LogP contribution in [0.15, 0.2) is 30.3 Å². The first kappa shape index (κ1) is 105. The lowest BCUT2D eigenvalue weighted by atomic mass is 9.96. The van der Waals surface area contributed by atoms with E-state index in [2.05, 4.69) is 87.1 Å². The van der Waals surface area contributed by atoms with Crippen molar-refractivity contribution in [3.05, 3.63) is 35.9 Å². The lowest BCUT2D eigenvalue weighted by Gasteiger charge is -2.31. The molecule has 0 radical (unpaired) electrons. The molecule has 1 aromatic carbocycles. The standard InChI is InChI=1S/C74H121N17O24S2/c1-13-37(7)57(88-74(115)60(41(11)94)91-72(113)58(38(8)14-2)89-73(114)59(40(10)93)90-67(108)48(30-52(77)95)81-62(103)44(76)25-27-117-12)71(112)86-51(34-116)69(110)80-45(22-18-19-26-75)63(104)82-47(29-42-20-16-15-17-21-42)66(107)84-50(32-55(100)101)68(109)87-56(36(5)6)70(111)85-46(28-35(3)4)65(106)83-49(31-54(98)99)64(105)78-39(9)61(102)79-43(33-92)23-24-53(96)97/h15-17,20-21,33,35-41,43-51,56-60,93-94,116H,13-14,18-19,22-32,34,75-76H2,1-12H3,(H2,77,95)(H,78,105)(H,79,102)(H,80,110)(H,81,103)(H,82,104)(H,83,106)(H,84,107)(H,85,111)(H,86,112)(H,87,109)(H,88,115)(H,89,114)(H,90,108)(H,91,113)(H,96,97)(H,98,99)(H,100,101). The number of carboxylic acid groups (broad SMARTS) is 3. The number of nitrogens with one attached hydrogen (secondary N) is 14. The van der Waals surface area contributed by atoms with Crippen molar-refractivity contribution in [2.75, 3.05) is 24.3 Å². The van der Waals surface area contributed by atoms with Gasteiger partial charge in [0.2, 0.25) is 88.6 Å². The molecule has 19 atom stereocenters. The number of aliphatic hydroxyl groups is 2. The molecule has 15 amide bonds. The van der Waals surface area contributed by atoms with Crippen molar-refractivity contribution >= 4 is 137 Å². The van der Waals surface area contributed by atoms with Crippen LogP contribution in [-0.2, 0) is 97.5 Å². The molecule has 658 valence electrons. The summed E-state index contributed by atoms with van der Waals surface area (Å²) in [4.78, 5) is 255. The second-order valence-corrected chi connectivity index (χ2v) is 30.7. The highest BCUT2D eigenvalue weighted by Gasteiger charge is 2.41. The predicted molar refractivity (Wildman–Crippen MR) is 428 cm³/mol. The number of hydrogen-bond donors (Lipinski definition) is 23. The van der Waals surface area contributed by atoms with Crippen LogP contribution in [0.1, 0.15) is 159 Å². The average molecular weight is 1700 g/mol. The SMILES string of the molecule is CCC(C)C(NC(=O)C(NC(=O)C(NC(=O)C(NC(=O)C(CC(N)=O)NC(=O)C(N)CCSC)C(C)O)C(C)CC)C(C)O)C(=O)NC(CS)C(=O)NC(CCCCN)C(=O)NC(Cc1ccccc1)C(=O)NC(CC(=O)O)C(=O)NC(C(=O)NC(CC(C)C)C(=O)NC(CC(=O)O)C(=O)NC(C)C(=O)NC(C=O)CCC(=O)O)C(C)C. The van der Waals surface area contributed by atoms with Gasteiger partial charge in [0.25, 0.3) is 0 Å². The number of nitrogens with two attached hydrogens (primary N) is 3. The number of unbranched alkanes of at least 4 members (excludes halogenated alkanes) is 1. The fraction of sp³-hybridized carbons (Fsp3) is 0.662. The Hall–Kier alpha value is -10.1. The van der Waals surface area contributed by atoms with E-state index in [1.54, 1.807) is 71.2 Å². The second kappa shape index (κ2) is 54.0. The molecule has 0 aliphatic rings. The molecule has 0 saturated heterocycles. The Bertz CT molecular complexity index is 3550. The topological polar surface area (TPSA) is 672 Å². The summed E-state index contributed by atoms with van der Waals surface area (Å²) in [5.41, 5.74) is 17.6. The van der Waals surface area contributed by atoms with Gasteiger partial charge in [0.05, 0.1) is 43.6 Å². The van der Waals surface area contributed by atoms with Gasteiger partial charge in [0.1, 0.15) is 84.8 Å². The summed E-state index contributed by atoms with van der Waals surface area (Å²) in [6, 6.07) is -16.1. The number of benzene rings is 1. The van der Waals surface area contributed by atoms with Crippen molar-refractivity contribution in [3.8, 4) is 0 Å². The minimum absolute atomic E-state index is 0.119. The highest BCUT2D eigenvalue weighted by molar-refractivity contribution is 7.98. The number of thioether (sulfide) groups is 1. The molecule has 117 heavy (non-hydrogen) atoms. The zero-order valence-electron chi connectivity index (χ0n) is 68.0. The molecule has 1 rings (SSSR count). The maximum absolute atomic E-state index is 14.7. The Kier molecular flexibility index (Phi) is 48.4. The normalized spacial score (nSPS) is 16.1. The van der Waals surface area contributed by atoms with Crippen LogP contribution in [0.2, 0.25) is 0 Å². The Morgan fingerprint density at radius 2 is 0.838 bits per heavy atom. The summed E-state index contributed by atoms with van der Waals surface area (Å²) in [5.74, 6) is -23.3. The second-order valence-electron chi connectivity index (χ2n) is 29.3. The van der Waals surface area contributed by atoms with Crippen LogP contribution in [0.4, 0.5) is 0 Å². The zero-order chi connectivity index (χ0) is 89.3. The first-order valence-electron chi connectivity index (χ1n) is 38.4. The molecule has 0 saturated carbocycles. The number of primary amides is 1. The molecule has 0 heterocycles. The summed E-state index contributed by atoms with van der Waals surface area (Å²) in [7, 11) is 0. The number of hydrogen-bond acceptors (Lipinski definition) is 25. The molecule has 1 aromatic rings. The third-order valence-electron chi connectivity index (χ3n) is 18.6. The maximum atomic E-state index is 14.7. The molecule has 43 heteroatoms. The highest BCUT2D eigenvalue weighted by Crippen LogP contribution is 2.17. The molecule has 19 unspecified atom stereocenters. The van der Waals surface area contributed by atoms with Crippen molar-refractivity contribution in [2.45, 2.75) is 262 Å². The van der Waals surface area contributed by atoms with Crippen molar-refractivity contribution in [1.82, 2.24) is 74.4 Å². The molecule has 0 aliphatic carbocycles. The van der Waals surface area contributed by atoms with Crippen LogP contribution in [0.25, 0.3) is 0 Å². The first-order valence-corrected chi connectivity index (χ1v) is 40.4. The van der Waals surface area contributed by atoms with Crippen molar-refractivity contribution in [3.63, 3.8) is 0 Å². The maximum Gasteiger partial charge on any atom is 0.305 e. The largest absolute Gasteiger partial charge is 0.481 e. The number of thiol groups is 1. The minimum atomic E-state index is -2.01. The zero-order valence-corrected chi connectivity index (χ0v) is 69.7. The van der Waals surface area contributed by atoms with E-state index in [0.717, 1.165) is 20.8 Å². The molecular weight excluding hydrogens is 1580 g/mol. The van der Waals surface area contributed by atoms with Gasteiger partial charge in [-0.1, -0.05) is 98.6 Å². The van der Waals surface area contributed by atoms with Crippen LogP contribution < -0.4 is 91.6 Å². The van der Waals surface area contributed by atoms with Gasteiger partial charge in [-0.15, -0.1) is 0 Å². The fourth-order valence-corrected chi connectivity index (χ4v) is 12.0. The van der Waals surface area contributed by atoms with Crippen molar-refractivity contribution in [1.29, 1.82) is 0 Å². The van der Waals surface area contributed by atoms with E-state index in [1.165, 1.54) is 32.5 Å². The predicted octanol–water partition coefficient (Wildman–Crippen LogP) is -5.38. The van der Waals surface area contributed by atoms with Crippen LogP contribution in [0, 0.1) is 23.7 Å². The third-order valence-corrected chi connectivity index (χ3v) is 19.6. The van der Waals surface area contributed by atoms with Gasteiger partial charge in [-0.05, 0) is 107 Å². The number of rotatable bonds is 57. The molecule has 0 aliphatic heterocycles. The van der Waals surface area contributed by atoms with E-state index >= 15 is 0 Å². The Balaban J connectivity index is 3.65. The summed E-state index contributed by atoms with van der Waals surface area (Å²) in [6.45, 7) is 16.2. The number of aliphatic hydroxyl groups excluding tert-OH is 2. The van der Waals surface area contributed by atoms with Gasteiger partial charge in [-0.3, -0.25) is 86.3 Å². The van der Waals surface area contributed by atoms with Gasteiger partial charge < -0.3 is 122 Å². The first-order chi connectivity index (χ1) is 54.8. The van der Waals surface area contributed by atoms with E-state index < -0.39 is 264 Å². The van der Waals surface area contributed by atoms with Gasteiger partial charge >= 0.3 is 17.9 Å². The van der Waals surface area contributed by atoms with E-state index in [1.807, 2.05) is 0 Å². The summed E-state index contributed by atoms with van der Waals surface area (Å²) in [5, 5.41) is 84.3. The van der Waals surface area contributed by atoms with Gasteiger partial charge in [-0.2, -0.15) is 24.4 Å². The average Bonchev–Trinajstić information content (AvgIpc) is 0.842. The fourth-order valence-electron chi connectivity index (χ4n) is 11.3. The molecule has 0 aromatic heterocycles. The number of carbonyl (C=O) groups is 19. The molecule has 0 fully saturated rings.